The van der Waals surface area contributed by atoms with Crippen molar-refractivity contribution in [2.45, 2.75) is 56.0 Å². The molecule has 3 aliphatic rings. The quantitative estimate of drug-likeness (QED) is 0.790. The van der Waals surface area contributed by atoms with Gasteiger partial charge in [-0.05, 0) is 58.2 Å². The van der Waals surface area contributed by atoms with E-state index >= 15 is 0 Å². The number of urea groups is 1. The Labute approximate surface area is 169 Å². The molecule has 1 N–H and O–H groups in total. The second kappa shape index (κ2) is 7.18. The largest absolute Gasteiger partial charge is 0.336 e. The highest BCUT2D eigenvalue weighted by Gasteiger charge is 2.54. The summed E-state index contributed by atoms with van der Waals surface area (Å²) in [6.07, 6.45) is 9.87. The first-order valence-corrected chi connectivity index (χ1v) is 10.7. The lowest BCUT2D eigenvalue weighted by Crippen LogP contribution is -2.58. The zero-order valence-corrected chi connectivity index (χ0v) is 17.6. The summed E-state index contributed by atoms with van der Waals surface area (Å²) < 4.78 is 0. The van der Waals surface area contributed by atoms with Crippen molar-refractivity contribution in [3.8, 4) is 0 Å². The molecule has 152 valence electrons. The van der Waals surface area contributed by atoms with Crippen LogP contribution in [0.2, 0.25) is 0 Å². The van der Waals surface area contributed by atoms with Crippen LogP contribution in [0.1, 0.15) is 50.5 Å². The minimum absolute atomic E-state index is 0.0461. The molecule has 2 amide bonds. The van der Waals surface area contributed by atoms with Gasteiger partial charge in [-0.25, -0.2) is 4.79 Å². The zero-order valence-electron chi connectivity index (χ0n) is 17.6. The lowest BCUT2D eigenvalue weighted by atomic mass is 9.66. The normalized spacial score (nSPS) is 32.1. The maximum Gasteiger partial charge on any atom is 0.318 e. The Morgan fingerprint density at radius 1 is 1.11 bits per heavy atom. The number of carbonyl (C=O) groups excluding carboxylic acids is 1. The van der Waals surface area contributed by atoms with E-state index in [0.29, 0.717) is 0 Å². The smallest absolute Gasteiger partial charge is 0.318 e. The van der Waals surface area contributed by atoms with Crippen LogP contribution in [0.5, 0.6) is 0 Å². The molecule has 28 heavy (non-hydrogen) atoms. The Kier molecular flexibility index (Phi) is 4.98. The maximum absolute atomic E-state index is 12.8. The van der Waals surface area contributed by atoms with Crippen LogP contribution in [0, 0.1) is 5.41 Å². The van der Waals surface area contributed by atoms with Crippen molar-refractivity contribution < 1.29 is 4.79 Å². The number of amides is 2. The van der Waals surface area contributed by atoms with E-state index in [9.17, 15) is 4.79 Å². The summed E-state index contributed by atoms with van der Waals surface area (Å²) in [5.41, 5.74) is 1.50. The third-order valence-corrected chi connectivity index (χ3v) is 7.79. The molecule has 2 saturated carbocycles. The highest BCUT2D eigenvalue weighted by molar-refractivity contribution is 5.79. The fourth-order valence-corrected chi connectivity index (χ4v) is 5.75. The van der Waals surface area contributed by atoms with Gasteiger partial charge in [0.1, 0.15) is 0 Å². The molecule has 1 aliphatic heterocycles. The summed E-state index contributed by atoms with van der Waals surface area (Å²) in [4.78, 5) is 21.7. The average molecular weight is 383 g/mol. The fourth-order valence-electron chi connectivity index (χ4n) is 5.75. The number of nitrogens with zero attached hydrogens (tertiary/aromatic N) is 3. The summed E-state index contributed by atoms with van der Waals surface area (Å²) in [5, 5.41) is 3.17. The third kappa shape index (κ3) is 3.04. The molecule has 5 nitrogen and oxygen atoms in total. The Morgan fingerprint density at radius 3 is 2.32 bits per heavy atom. The van der Waals surface area contributed by atoms with E-state index in [1.54, 1.807) is 0 Å². The van der Waals surface area contributed by atoms with Gasteiger partial charge in [0.15, 0.2) is 0 Å². The number of rotatable bonds is 5. The second-order valence-electron chi connectivity index (χ2n) is 9.36. The van der Waals surface area contributed by atoms with Gasteiger partial charge in [-0.1, -0.05) is 36.8 Å². The van der Waals surface area contributed by atoms with E-state index in [-0.39, 0.29) is 22.5 Å². The van der Waals surface area contributed by atoms with Crippen LogP contribution in [-0.2, 0) is 5.54 Å². The van der Waals surface area contributed by atoms with Crippen LogP contribution in [0.15, 0.2) is 35.3 Å². The fraction of sp³-hybridized carbons (Fsp3) is 0.652. The number of hydrogen-bond acceptors (Lipinski definition) is 3. The third-order valence-electron chi connectivity index (χ3n) is 7.79. The van der Waals surface area contributed by atoms with Crippen molar-refractivity contribution in [3.05, 3.63) is 35.9 Å². The molecule has 2 aliphatic carbocycles. The van der Waals surface area contributed by atoms with Crippen molar-refractivity contribution in [2.75, 3.05) is 34.2 Å². The number of nitrogens with one attached hydrogen (secondary N) is 1. The van der Waals surface area contributed by atoms with Crippen molar-refractivity contribution in [1.82, 2.24) is 15.1 Å². The molecular formula is C23H34N4O. The van der Waals surface area contributed by atoms with Gasteiger partial charge in [0.05, 0.1) is 5.54 Å². The summed E-state index contributed by atoms with van der Waals surface area (Å²) in [5.74, 6) is 0. The molecule has 0 unspecified atom stereocenters. The molecule has 1 aromatic carbocycles. The van der Waals surface area contributed by atoms with Crippen molar-refractivity contribution in [2.24, 2.45) is 10.4 Å². The van der Waals surface area contributed by atoms with Gasteiger partial charge in [-0.3, -0.25) is 4.90 Å². The number of benzene rings is 1. The Bertz CT molecular complexity index is 730. The van der Waals surface area contributed by atoms with Crippen LogP contribution in [0.25, 0.3) is 0 Å². The van der Waals surface area contributed by atoms with Gasteiger partial charge in [-0.15, -0.1) is 0 Å². The van der Waals surface area contributed by atoms with Crippen LogP contribution >= 0.6 is 0 Å². The topological polar surface area (TPSA) is 47.9 Å². The molecule has 1 heterocycles. The molecule has 5 heteroatoms. The Morgan fingerprint density at radius 2 is 1.79 bits per heavy atom. The molecule has 3 fully saturated rings. The van der Waals surface area contributed by atoms with Crippen LogP contribution < -0.4 is 5.32 Å². The maximum atomic E-state index is 12.8. The van der Waals surface area contributed by atoms with E-state index in [1.165, 1.54) is 12.0 Å². The van der Waals surface area contributed by atoms with Crippen molar-refractivity contribution in [3.63, 3.8) is 0 Å². The van der Waals surface area contributed by atoms with E-state index < -0.39 is 0 Å². The highest BCUT2D eigenvalue weighted by Crippen LogP contribution is 2.49. The van der Waals surface area contributed by atoms with Gasteiger partial charge in [0.25, 0.3) is 0 Å². The molecular weight excluding hydrogens is 348 g/mol. The van der Waals surface area contributed by atoms with Crippen molar-refractivity contribution >= 4 is 12.2 Å². The summed E-state index contributed by atoms with van der Waals surface area (Å²) in [7, 11) is 6.25. The monoisotopic (exact) mass is 382 g/mol. The standard InChI is InChI=1S/C23H34N4O/c1-24-16-21(10-7-11-21)18-27-20(28)25-17-22(27)12-14-23(15-13-22,26(2)3)19-8-5-4-6-9-19/h4-6,8-9,16H,7,10-15,17-18H2,1-3H3,(H,25,28). The lowest BCUT2D eigenvalue weighted by molar-refractivity contribution is 0.0108. The minimum Gasteiger partial charge on any atom is -0.336 e. The van der Waals surface area contributed by atoms with E-state index in [4.69, 9.17) is 0 Å². The second-order valence-corrected chi connectivity index (χ2v) is 9.36. The number of carbonyl (C=O) groups is 1. The predicted molar refractivity (Wildman–Crippen MR) is 114 cm³/mol. The van der Waals surface area contributed by atoms with Gasteiger partial charge in [0.2, 0.25) is 0 Å². The predicted octanol–water partition coefficient (Wildman–Crippen LogP) is 3.65. The summed E-state index contributed by atoms with van der Waals surface area (Å²) in [6, 6.07) is 11.0. The van der Waals surface area contributed by atoms with Gasteiger partial charge in [0, 0.05) is 37.3 Å². The van der Waals surface area contributed by atoms with Crippen molar-refractivity contribution in [1.29, 1.82) is 0 Å². The number of aliphatic imine (C=N–C) groups is 1. The first-order chi connectivity index (χ1) is 13.5. The van der Waals surface area contributed by atoms with Crippen LogP contribution in [0.4, 0.5) is 4.79 Å². The molecule has 0 bridgehead atoms. The SMILES string of the molecule is CN=CC1(CN2C(=O)NCC23CCC(c2ccccc2)(N(C)C)CC3)CCC1. The van der Waals surface area contributed by atoms with E-state index in [1.807, 2.05) is 7.05 Å². The summed E-state index contributed by atoms with van der Waals surface area (Å²) >= 11 is 0. The van der Waals surface area contributed by atoms with Gasteiger partial charge < -0.3 is 15.2 Å². The van der Waals surface area contributed by atoms with E-state index in [2.05, 4.69) is 70.8 Å². The zero-order chi connectivity index (χ0) is 19.8. The van der Waals surface area contributed by atoms with Crippen LogP contribution in [0.3, 0.4) is 0 Å². The lowest BCUT2D eigenvalue weighted by Gasteiger charge is -2.53. The molecule has 0 atom stereocenters. The molecule has 1 spiro atoms. The Balaban J connectivity index is 1.57. The number of hydrogen-bond donors (Lipinski definition) is 1. The van der Waals surface area contributed by atoms with Crippen LogP contribution in [-0.4, -0.2) is 61.8 Å². The molecule has 0 radical (unpaired) electrons. The summed E-state index contributed by atoms with van der Waals surface area (Å²) in [6.45, 7) is 1.60. The highest BCUT2D eigenvalue weighted by atomic mass is 16.2. The van der Waals surface area contributed by atoms with Gasteiger partial charge >= 0.3 is 6.03 Å². The average Bonchev–Trinajstić information content (AvgIpc) is 2.97. The minimum atomic E-state index is -0.0461. The molecule has 1 aromatic rings. The van der Waals surface area contributed by atoms with Gasteiger partial charge in [-0.2, -0.15) is 0 Å². The first kappa shape index (κ1) is 19.4. The van der Waals surface area contributed by atoms with E-state index in [0.717, 1.165) is 51.6 Å². The first-order valence-electron chi connectivity index (χ1n) is 10.7. The molecule has 0 aromatic heterocycles. The Hall–Kier alpha value is -1.88. The molecule has 4 rings (SSSR count). The molecule has 1 saturated heterocycles.